The van der Waals surface area contributed by atoms with E-state index in [4.69, 9.17) is 0 Å². The number of allylic oxidation sites excluding steroid dienone is 1. The Labute approximate surface area is 104 Å². The molecule has 0 saturated heterocycles. The molecule has 1 atom stereocenters. The fraction of sp³-hybridized carbons (Fsp3) is 0.438. The first-order valence-electron chi connectivity index (χ1n) is 6.56. The molecule has 0 spiro atoms. The average molecular weight is 228 g/mol. The van der Waals surface area contributed by atoms with E-state index in [9.17, 15) is 4.79 Å². The van der Waals surface area contributed by atoms with Gasteiger partial charge in [0.15, 0.2) is 5.78 Å². The molecular formula is C16H20O. The third-order valence-electron chi connectivity index (χ3n) is 3.58. The van der Waals surface area contributed by atoms with Gasteiger partial charge in [-0.15, -0.1) is 6.58 Å². The molecule has 1 aliphatic rings. The predicted octanol–water partition coefficient (Wildman–Crippen LogP) is 4.18. The average Bonchev–Trinajstić information content (AvgIpc) is 2.67. The fourth-order valence-electron chi connectivity index (χ4n) is 2.61. The molecule has 0 N–H and O–H groups in total. The molecule has 1 heteroatoms. The minimum Gasteiger partial charge on any atom is -0.294 e. The number of ketones is 1. The lowest BCUT2D eigenvalue weighted by Gasteiger charge is -2.06. The van der Waals surface area contributed by atoms with Crippen molar-refractivity contribution in [3.05, 3.63) is 48.0 Å². The van der Waals surface area contributed by atoms with Crippen LogP contribution in [0.4, 0.5) is 0 Å². The lowest BCUT2D eigenvalue weighted by atomic mass is 9.97. The number of hydrogen-bond donors (Lipinski definition) is 0. The van der Waals surface area contributed by atoms with Crippen LogP contribution in [0.3, 0.4) is 0 Å². The molecule has 0 radical (unpaired) electrons. The molecule has 1 unspecified atom stereocenters. The van der Waals surface area contributed by atoms with Crippen LogP contribution in [0.5, 0.6) is 0 Å². The van der Waals surface area contributed by atoms with Crippen LogP contribution in [0, 0.1) is 5.92 Å². The van der Waals surface area contributed by atoms with Crippen molar-refractivity contribution in [2.24, 2.45) is 5.92 Å². The fourth-order valence-corrected chi connectivity index (χ4v) is 2.61. The Kier molecular flexibility index (Phi) is 4.13. The minimum absolute atomic E-state index is 0.246. The van der Waals surface area contributed by atoms with Crippen LogP contribution in [0.2, 0.25) is 0 Å². The number of Topliss-reactive ketones (excluding diaryl/α,β-unsaturated/α-hetero) is 1. The van der Waals surface area contributed by atoms with E-state index in [1.807, 2.05) is 24.3 Å². The summed E-state index contributed by atoms with van der Waals surface area (Å²) >= 11 is 0. The Hall–Kier alpha value is -1.37. The van der Waals surface area contributed by atoms with E-state index < -0.39 is 0 Å². The quantitative estimate of drug-likeness (QED) is 0.527. The van der Waals surface area contributed by atoms with Crippen LogP contribution in [0.15, 0.2) is 36.9 Å². The highest BCUT2D eigenvalue weighted by atomic mass is 16.1. The molecular weight excluding hydrogens is 208 g/mol. The van der Waals surface area contributed by atoms with Gasteiger partial charge in [0.05, 0.1) is 0 Å². The van der Waals surface area contributed by atoms with Crippen molar-refractivity contribution in [2.45, 2.75) is 38.5 Å². The zero-order valence-corrected chi connectivity index (χ0v) is 10.3. The Morgan fingerprint density at radius 1 is 1.24 bits per heavy atom. The third kappa shape index (κ3) is 2.85. The summed E-state index contributed by atoms with van der Waals surface area (Å²) < 4.78 is 0. The SMILES string of the molecule is C=CCCCCCC1Cc2ccccc2C1=O. The number of fused-ring (bicyclic) bond motifs is 1. The Bertz CT molecular complexity index is 406. The number of carbonyl (C=O) groups is 1. The molecule has 0 aliphatic heterocycles. The highest BCUT2D eigenvalue weighted by Crippen LogP contribution is 2.29. The molecule has 0 saturated carbocycles. The monoisotopic (exact) mass is 228 g/mol. The van der Waals surface area contributed by atoms with Gasteiger partial charge in [0.2, 0.25) is 0 Å². The Morgan fingerprint density at radius 2 is 2.06 bits per heavy atom. The number of carbonyl (C=O) groups excluding carboxylic acids is 1. The second-order valence-corrected chi connectivity index (χ2v) is 4.85. The van der Waals surface area contributed by atoms with Crippen molar-refractivity contribution < 1.29 is 4.79 Å². The maximum Gasteiger partial charge on any atom is 0.166 e. The highest BCUT2D eigenvalue weighted by Gasteiger charge is 2.29. The normalized spacial score (nSPS) is 18.1. The molecule has 90 valence electrons. The van der Waals surface area contributed by atoms with Crippen molar-refractivity contribution in [1.29, 1.82) is 0 Å². The first-order valence-corrected chi connectivity index (χ1v) is 6.56. The lowest BCUT2D eigenvalue weighted by Crippen LogP contribution is -2.08. The summed E-state index contributed by atoms with van der Waals surface area (Å²) in [5, 5.41) is 0. The van der Waals surface area contributed by atoms with Gasteiger partial charge in [0.1, 0.15) is 0 Å². The van der Waals surface area contributed by atoms with Gasteiger partial charge >= 0.3 is 0 Å². The summed E-state index contributed by atoms with van der Waals surface area (Å²) in [5.74, 6) is 0.612. The molecule has 0 bridgehead atoms. The first-order chi connectivity index (χ1) is 8.33. The van der Waals surface area contributed by atoms with E-state index in [1.54, 1.807) is 0 Å². The standard InChI is InChI=1S/C16H20O/c1-2-3-4-5-6-10-14-12-13-9-7-8-11-15(13)16(14)17/h2,7-9,11,14H,1,3-6,10,12H2. The maximum absolute atomic E-state index is 12.1. The zero-order chi connectivity index (χ0) is 12.1. The van der Waals surface area contributed by atoms with E-state index in [2.05, 4.69) is 12.6 Å². The first kappa shape index (κ1) is 12.1. The van der Waals surface area contributed by atoms with E-state index >= 15 is 0 Å². The highest BCUT2D eigenvalue weighted by molar-refractivity contribution is 6.02. The summed E-state index contributed by atoms with van der Waals surface area (Å²) in [4.78, 5) is 12.1. The molecule has 0 fully saturated rings. The summed E-state index contributed by atoms with van der Waals surface area (Å²) in [7, 11) is 0. The van der Waals surface area contributed by atoms with Crippen LogP contribution in [0.1, 0.15) is 48.0 Å². The molecule has 1 aliphatic carbocycles. The van der Waals surface area contributed by atoms with Crippen LogP contribution in [-0.4, -0.2) is 5.78 Å². The van der Waals surface area contributed by atoms with Crippen molar-refractivity contribution in [1.82, 2.24) is 0 Å². The molecule has 1 nitrogen and oxygen atoms in total. The number of unbranched alkanes of at least 4 members (excludes halogenated alkanes) is 3. The van der Waals surface area contributed by atoms with E-state index in [-0.39, 0.29) is 5.92 Å². The number of hydrogen-bond acceptors (Lipinski definition) is 1. The summed E-state index contributed by atoms with van der Waals surface area (Å²) in [6.45, 7) is 3.72. The number of rotatable bonds is 6. The molecule has 0 heterocycles. The van der Waals surface area contributed by atoms with Crippen molar-refractivity contribution in [2.75, 3.05) is 0 Å². The number of benzene rings is 1. The summed E-state index contributed by atoms with van der Waals surface area (Å²) in [6.07, 6.45) is 8.65. The smallest absolute Gasteiger partial charge is 0.166 e. The van der Waals surface area contributed by atoms with Crippen LogP contribution >= 0.6 is 0 Å². The van der Waals surface area contributed by atoms with Crippen LogP contribution < -0.4 is 0 Å². The van der Waals surface area contributed by atoms with Gasteiger partial charge in [0, 0.05) is 11.5 Å². The molecule has 0 aromatic heterocycles. The van der Waals surface area contributed by atoms with E-state index in [0.717, 1.165) is 31.2 Å². The van der Waals surface area contributed by atoms with Crippen molar-refractivity contribution >= 4 is 5.78 Å². The summed E-state index contributed by atoms with van der Waals surface area (Å²) in [5.41, 5.74) is 2.21. The Balaban J connectivity index is 1.82. The van der Waals surface area contributed by atoms with Gasteiger partial charge in [-0.3, -0.25) is 4.79 Å². The molecule has 0 amide bonds. The topological polar surface area (TPSA) is 17.1 Å². The van der Waals surface area contributed by atoms with E-state index in [1.165, 1.54) is 18.4 Å². The van der Waals surface area contributed by atoms with Crippen LogP contribution in [0.25, 0.3) is 0 Å². The van der Waals surface area contributed by atoms with Gasteiger partial charge in [-0.25, -0.2) is 0 Å². The van der Waals surface area contributed by atoms with E-state index in [0.29, 0.717) is 5.78 Å². The minimum atomic E-state index is 0.246. The van der Waals surface area contributed by atoms with Crippen LogP contribution in [-0.2, 0) is 6.42 Å². The maximum atomic E-state index is 12.1. The van der Waals surface area contributed by atoms with Gasteiger partial charge in [0.25, 0.3) is 0 Å². The van der Waals surface area contributed by atoms with Crippen molar-refractivity contribution in [3.63, 3.8) is 0 Å². The van der Waals surface area contributed by atoms with Gasteiger partial charge in [-0.1, -0.05) is 43.2 Å². The van der Waals surface area contributed by atoms with Crippen molar-refractivity contribution in [3.8, 4) is 0 Å². The Morgan fingerprint density at radius 3 is 2.82 bits per heavy atom. The predicted molar refractivity (Wildman–Crippen MR) is 71.2 cm³/mol. The zero-order valence-electron chi connectivity index (χ0n) is 10.3. The summed E-state index contributed by atoms with van der Waals surface area (Å²) in [6, 6.07) is 8.04. The molecule has 1 aromatic rings. The molecule has 2 rings (SSSR count). The second kappa shape index (κ2) is 5.81. The van der Waals surface area contributed by atoms with Gasteiger partial charge < -0.3 is 0 Å². The molecule has 1 aromatic carbocycles. The van der Waals surface area contributed by atoms with Gasteiger partial charge in [-0.05, 0) is 31.2 Å². The second-order valence-electron chi connectivity index (χ2n) is 4.85. The molecule has 17 heavy (non-hydrogen) atoms. The third-order valence-corrected chi connectivity index (χ3v) is 3.58. The van der Waals surface area contributed by atoms with Gasteiger partial charge in [-0.2, -0.15) is 0 Å². The largest absolute Gasteiger partial charge is 0.294 e. The lowest BCUT2D eigenvalue weighted by molar-refractivity contribution is 0.0929.